The first-order valence-electron chi connectivity index (χ1n) is 8.12. The van der Waals surface area contributed by atoms with Crippen LogP contribution in [0.5, 0.6) is 5.75 Å². The van der Waals surface area contributed by atoms with Crippen molar-refractivity contribution in [3.8, 4) is 5.75 Å². The van der Waals surface area contributed by atoms with Crippen LogP contribution < -0.4 is 5.32 Å². The molecule has 1 atom stereocenters. The Morgan fingerprint density at radius 2 is 2.14 bits per heavy atom. The Balaban J connectivity index is 2.13. The molecule has 1 aliphatic rings. The molecule has 0 unspecified atom stereocenters. The van der Waals surface area contributed by atoms with Crippen molar-refractivity contribution in [3.05, 3.63) is 35.5 Å². The quantitative estimate of drug-likeness (QED) is 0.620. The minimum Gasteiger partial charge on any atom is -0.506 e. The highest BCUT2D eigenvalue weighted by molar-refractivity contribution is 5.96. The van der Waals surface area contributed by atoms with Gasteiger partial charge in [0.15, 0.2) is 5.78 Å². The minimum atomic E-state index is 0.213. The van der Waals surface area contributed by atoms with Crippen LogP contribution in [-0.4, -0.2) is 10.9 Å². The van der Waals surface area contributed by atoms with Crippen LogP contribution in [0.3, 0.4) is 0 Å². The van der Waals surface area contributed by atoms with E-state index < -0.39 is 0 Å². The third-order valence-corrected chi connectivity index (χ3v) is 5.12. The molecule has 2 rings (SSSR count). The van der Waals surface area contributed by atoms with Crippen LogP contribution in [0.15, 0.2) is 30.0 Å². The molecule has 0 bridgehead atoms. The number of phenols is 1. The maximum absolute atomic E-state index is 12.1. The van der Waals surface area contributed by atoms with Gasteiger partial charge in [0.25, 0.3) is 0 Å². The third-order valence-electron chi connectivity index (χ3n) is 5.12. The summed E-state index contributed by atoms with van der Waals surface area (Å²) in [7, 11) is 0. The van der Waals surface area contributed by atoms with Gasteiger partial charge in [-0.3, -0.25) is 4.79 Å². The number of rotatable bonds is 4. The molecule has 0 spiro atoms. The van der Waals surface area contributed by atoms with Gasteiger partial charge < -0.3 is 10.4 Å². The topological polar surface area (TPSA) is 49.3 Å². The van der Waals surface area contributed by atoms with Crippen LogP contribution in [0.4, 0.5) is 5.69 Å². The lowest BCUT2D eigenvalue weighted by Gasteiger charge is -2.36. The van der Waals surface area contributed by atoms with E-state index >= 15 is 0 Å². The summed E-state index contributed by atoms with van der Waals surface area (Å²) in [6, 6.07) is 5.49. The zero-order valence-electron chi connectivity index (χ0n) is 14.1. The Morgan fingerprint density at radius 1 is 1.41 bits per heavy atom. The molecule has 0 heterocycles. The fourth-order valence-corrected chi connectivity index (χ4v) is 2.97. The van der Waals surface area contributed by atoms with Gasteiger partial charge in [-0.25, -0.2) is 0 Å². The number of Topliss-reactive ketones (excluding diaryl/α,β-unsaturated/α-hetero) is 1. The highest BCUT2D eigenvalue weighted by Crippen LogP contribution is 2.41. The highest BCUT2D eigenvalue weighted by atomic mass is 16.3. The summed E-state index contributed by atoms with van der Waals surface area (Å²) in [6.45, 7) is 8.71. The summed E-state index contributed by atoms with van der Waals surface area (Å²) in [5.74, 6) is 0.975. The molecular weight excluding hydrogens is 274 g/mol. The number of nitrogens with one attached hydrogen (secondary N) is 1. The predicted molar refractivity (Wildman–Crippen MR) is 91.0 cm³/mol. The Labute approximate surface area is 133 Å². The van der Waals surface area contributed by atoms with Gasteiger partial charge in [-0.2, -0.15) is 0 Å². The lowest BCUT2D eigenvalue weighted by molar-refractivity contribution is -0.117. The Bertz CT molecular complexity index is 587. The molecular formula is C19H27NO2. The predicted octanol–water partition coefficient (Wildman–Crippen LogP) is 4.80. The summed E-state index contributed by atoms with van der Waals surface area (Å²) in [5, 5.41) is 13.0. The number of benzene rings is 1. The lowest BCUT2D eigenvalue weighted by Crippen LogP contribution is -2.29. The number of aryl methyl sites for hydroxylation is 1. The van der Waals surface area contributed by atoms with Gasteiger partial charge in [-0.1, -0.05) is 33.3 Å². The molecule has 1 saturated carbocycles. The summed E-state index contributed by atoms with van der Waals surface area (Å²) in [6.07, 6.45) is 5.32. The molecule has 0 saturated heterocycles. The number of carbonyl (C=O) groups excluding carboxylic acids is 1. The molecule has 120 valence electrons. The molecule has 1 aromatic carbocycles. The number of hydrogen-bond donors (Lipinski definition) is 2. The highest BCUT2D eigenvalue weighted by Gasteiger charge is 2.33. The zero-order valence-corrected chi connectivity index (χ0v) is 14.1. The van der Waals surface area contributed by atoms with E-state index in [1.54, 1.807) is 12.3 Å². The van der Waals surface area contributed by atoms with Gasteiger partial charge in [0.05, 0.1) is 5.69 Å². The summed E-state index contributed by atoms with van der Waals surface area (Å²) >= 11 is 0. The van der Waals surface area contributed by atoms with Crippen LogP contribution >= 0.6 is 0 Å². The molecule has 0 aliphatic heterocycles. The fraction of sp³-hybridized carbons (Fsp3) is 0.526. The van der Waals surface area contributed by atoms with Crippen molar-refractivity contribution in [3.63, 3.8) is 0 Å². The van der Waals surface area contributed by atoms with Crippen LogP contribution in [0, 0.1) is 18.3 Å². The Morgan fingerprint density at radius 3 is 2.77 bits per heavy atom. The van der Waals surface area contributed by atoms with Gasteiger partial charge in [0.1, 0.15) is 5.75 Å². The molecule has 3 heteroatoms. The smallest absolute Gasteiger partial charge is 0.160 e. The number of ketones is 1. The Hall–Kier alpha value is -1.77. The second-order valence-corrected chi connectivity index (χ2v) is 7.04. The largest absolute Gasteiger partial charge is 0.506 e. The molecule has 1 fully saturated rings. The molecule has 3 nitrogen and oxygen atoms in total. The van der Waals surface area contributed by atoms with Crippen molar-refractivity contribution in [2.24, 2.45) is 11.3 Å². The summed E-state index contributed by atoms with van der Waals surface area (Å²) < 4.78 is 0. The van der Waals surface area contributed by atoms with Crippen molar-refractivity contribution in [2.75, 3.05) is 5.32 Å². The summed E-state index contributed by atoms with van der Waals surface area (Å²) in [4.78, 5) is 12.1. The second kappa shape index (κ2) is 6.55. The molecule has 1 aromatic rings. The number of hydrogen-bond acceptors (Lipinski definition) is 3. The number of phenolic OH excluding ortho intramolecular Hbond substituents is 1. The van der Waals surface area contributed by atoms with Gasteiger partial charge >= 0.3 is 0 Å². The molecule has 0 radical (unpaired) electrons. The number of aromatic hydroxyl groups is 1. The van der Waals surface area contributed by atoms with E-state index in [0.717, 1.165) is 30.4 Å². The molecule has 2 N–H and O–H groups in total. The van der Waals surface area contributed by atoms with Crippen molar-refractivity contribution >= 4 is 11.5 Å². The first-order chi connectivity index (χ1) is 10.3. The van der Waals surface area contributed by atoms with Crippen molar-refractivity contribution in [2.45, 2.75) is 53.4 Å². The average molecular weight is 301 g/mol. The van der Waals surface area contributed by atoms with Crippen LogP contribution in [0.2, 0.25) is 0 Å². The van der Waals surface area contributed by atoms with E-state index in [0.29, 0.717) is 18.0 Å². The van der Waals surface area contributed by atoms with Crippen molar-refractivity contribution in [1.82, 2.24) is 0 Å². The molecule has 0 aromatic heterocycles. The van der Waals surface area contributed by atoms with Gasteiger partial charge in [0, 0.05) is 18.2 Å². The van der Waals surface area contributed by atoms with Crippen LogP contribution in [0.25, 0.3) is 0 Å². The second-order valence-electron chi connectivity index (χ2n) is 7.04. The van der Waals surface area contributed by atoms with Crippen LogP contribution in [0.1, 0.15) is 52.0 Å². The monoisotopic (exact) mass is 301 g/mol. The van der Waals surface area contributed by atoms with Crippen molar-refractivity contribution in [1.29, 1.82) is 0 Å². The standard InChI is InChI=1S/C19H27NO2/c1-5-19(3,4)15-7-9-17(21)14(11-15)12-20-16-8-6-13(2)10-18(16)22/h6,8,10,12,15,20,22H,5,7,9,11H2,1-4H3/b14-12+/t15-/m1/s1. The first kappa shape index (κ1) is 16.6. The number of allylic oxidation sites excluding steroid dienone is 1. The molecule has 1 aliphatic carbocycles. The number of carbonyl (C=O) groups is 1. The fourth-order valence-electron chi connectivity index (χ4n) is 2.97. The maximum Gasteiger partial charge on any atom is 0.160 e. The number of anilines is 1. The molecule has 0 amide bonds. The van der Waals surface area contributed by atoms with Crippen LogP contribution in [-0.2, 0) is 4.79 Å². The molecule has 22 heavy (non-hydrogen) atoms. The van der Waals surface area contributed by atoms with E-state index in [1.807, 2.05) is 19.1 Å². The summed E-state index contributed by atoms with van der Waals surface area (Å²) in [5.41, 5.74) is 2.75. The van der Waals surface area contributed by atoms with E-state index in [1.165, 1.54) is 0 Å². The van der Waals surface area contributed by atoms with Gasteiger partial charge in [0.2, 0.25) is 0 Å². The Kier molecular flexibility index (Phi) is 4.94. The first-order valence-corrected chi connectivity index (χ1v) is 8.12. The maximum atomic E-state index is 12.1. The van der Waals surface area contributed by atoms with E-state index in [-0.39, 0.29) is 16.9 Å². The third kappa shape index (κ3) is 3.70. The van der Waals surface area contributed by atoms with Crippen molar-refractivity contribution < 1.29 is 9.90 Å². The van der Waals surface area contributed by atoms with E-state index in [9.17, 15) is 9.90 Å². The normalized spacial score (nSPS) is 21.2. The van der Waals surface area contributed by atoms with E-state index in [4.69, 9.17) is 0 Å². The SMILES string of the molecule is CCC(C)(C)[C@@H]1CCC(=O)/C(=C/Nc2ccc(C)cc2O)C1. The van der Waals surface area contributed by atoms with Gasteiger partial charge in [-0.05, 0) is 48.8 Å². The minimum absolute atomic E-state index is 0.213. The van der Waals surface area contributed by atoms with E-state index in [2.05, 4.69) is 26.1 Å². The average Bonchev–Trinajstić information content (AvgIpc) is 2.47. The van der Waals surface area contributed by atoms with Gasteiger partial charge in [-0.15, -0.1) is 0 Å². The lowest BCUT2D eigenvalue weighted by atomic mass is 9.68. The zero-order chi connectivity index (χ0) is 16.3.